The van der Waals surface area contributed by atoms with Crippen LogP contribution < -0.4 is 5.56 Å². The third-order valence-corrected chi connectivity index (χ3v) is 3.64. The van der Waals surface area contributed by atoms with Gasteiger partial charge in [-0.25, -0.2) is 4.98 Å². The predicted octanol–water partition coefficient (Wildman–Crippen LogP) is 1.47. The van der Waals surface area contributed by atoms with Crippen LogP contribution in [0.15, 0.2) is 16.0 Å². The molecule has 16 heavy (non-hydrogen) atoms. The maximum atomic E-state index is 11.6. The van der Waals surface area contributed by atoms with Crippen LogP contribution in [0, 0.1) is 6.92 Å². The molecule has 0 aliphatic rings. The van der Waals surface area contributed by atoms with Gasteiger partial charge in [-0.3, -0.25) is 9.59 Å². The molecule has 2 rings (SSSR count). The number of fused-ring (bicyclic) bond motifs is 1. The van der Waals surface area contributed by atoms with Crippen LogP contribution in [0.4, 0.5) is 0 Å². The van der Waals surface area contributed by atoms with E-state index in [9.17, 15) is 9.59 Å². The van der Waals surface area contributed by atoms with Crippen molar-refractivity contribution in [1.29, 1.82) is 0 Å². The number of aliphatic carboxylic acids is 1. The molecule has 0 bridgehead atoms. The SMILES string of the molecule is Cc1cc2c(=O)[nH]c(SCC(=O)O)nc2s1. The molecule has 0 saturated carbocycles. The normalized spacial score (nSPS) is 10.8. The Kier molecular flexibility index (Phi) is 2.97. The fourth-order valence-electron chi connectivity index (χ4n) is 1.23. The molecule has 2 heterocycles. The first kappa shape index (κ1) is 11.2. The minimum atomic E-state index is -0.935. The van der Waals surface area contributed by atoms with Crippen LogP contribution in [-0.2, 0) is 4.79 Å². The number of hydrogen-bond donors (Lipinski definition) is 2. The summed E-state index contributed by atoms with van der Waals surface area (Å²) >= 11 is 2.43. The summed E-state index contributed by atoms with van der Waals surface area (Å²) in [6, 6.07) is 1.78. The van der Waals surface area contributed by atoms with Crippen molar-refractivity contribution in [3.63, 3.8) is 0 Å². The van der Waals surface area contributed by atoms with E-state index in [2.05, 4.69) is 9.97 Å². The summed E-state index contributed by atoms with van der Waals surface area (Å²) in [7, 11) is 0. The topological polar surface area (TPSA) is 83.0 Å². The minimum Gasteiger partial charge on any atom is -0.481 e. The van der Waals surface area contributed by atoms with E-state index in [1.54, 1.807) is 6.07 Å². The Hall–Kier alpha value is -1.34. The van der Waals surface area contributed by atoms with Crippen molar-refractivity contribution < 1.29 is 9.90 Å². The van der Waals surface area contributed by atoms with Crippen LogP contribution >= 0.6 is 23.1 Å². The van der Waals surface area contributed by atoms with E-state index in [4.69, 9.17) is 5.11 Å². The number of carboxylic acid groups (broad SMARTS) is 1. The van der Waals surface area contributed by atoms with Gasteiger partial charge >= 0.3 is 5.97 Å². The van der Waals surface area contributed by atoms with Gasteiger partial charge in [0.15, 0.2) is 5.16 Å². The monoisotopic (exact) mass is 256 g/mol. The molecule has 0 saturated heterocycles. The quantitative estimate of drug-likeness (QED) is 0.642. The fraction of sp³-hybridized carbons (Fsp3) is 0.222. The van der Waals surface area contributed by atoms with Crippen LogP contribution in [0.1, 0.15) is 4.88 Å². The average molecular weight is 256 g/mol. The predicted molar refractivity (Wildman–Crippen MR) is 63.3 cm³/mol. The Bertz CT molecular complexity index is 602. The Morgan fingerprint density at radius 2 is 2.44 bits per heavy atom. The van der Waals surface area contributed by atoms with E-state index in [0.29, 0.717) is 15.4 Å². The molecule has 84 valence electrons. The standard InChI is InChI=1S/C9H8N2O3S2/c1-4-2-5-7(14)10-9(11-8(5)16-4)15-3-6(12)13/h2H,3H2,1H3,(H,12,13)(H,10,11,14). The van der Waals surface area contributed by atoms with Gasteiger partial charge in [-0.05, 0) is 13.0 Å². The van der Waals surface area contributed by atoms with E-state index >= 15 is 0 Å². The molecule has 0 aromatic carbocycles. The number of thioether (sulfide) groups is 1. The summed E-state index contributed by atoms with van der Waals surface area (Å²) in [5.41, 5.74) is -0.220. The molecule has 0 amide bonds. The average Bonchev–Trinajstić information content (AvgIpc) is 2.56. The largest absolute Gasteiger partial charge is 0.481 e. The highest BCUT2D eigenvalue weighted by Crippen LogP contribution is 2.22. The molecule has 2 N–H and O–H groups in total. The summed E-state index contributed by atoms with van der Waals surface area (Å²) in [6.07, 6.45) is 0. The lowest BCUT2D eigenvalue weighted by atomic mass is 10.4. The molecule has 5 nitrogen and oxygen atoms in total. The first-order chi connectivity index (χ1) is 7.56. The number of rotatable bonds is 3. The number of aromatic amines is 1. The Morgan fingerprint density at radius 3 is 3.12 bits per heavy atom. The molecule has 0 fully saturated rings. The second kappa shape index (κ2) is 4.26. The summed E-state index contributed by atoms with van der Waals surface area (Å²) in [4.78, 5) is 30.4. The Morgan fingerprint density at radius 1 is 1.69 bits per heavy atom. The number of aryl methyl sites for hydroxylation is 1. The van der Waals surface area contributed by atoms with Gasteiger partial charge in [0.05, 0.1) is 11.1 Å². The van der Waals surface area contributed by atoms with Crippen molar-refractivity contribution in [3.05, 3.63) is 21.3 Å². The second-order valence-corrected chi connectivity index (χ2v) is 5.33. The number of thiophene rings is 1. The molecule has 0 radical (unpaired) electrons. The number of hydrogen-bond acceptors (Lipinski definition) is 5. The van der Waals surface area contributed by atoms with E-state index in [-0.39, 0.29) is 11.3 Å². The van der Waals surface area contributed by atoms with Gasteiger partial charge in [0.2, 0.25) is 0 Å². The highest BCUT2D eigenvalue weighted by Gasteiger charge is 2.08. The highest BCUT2D eigenvalue weighted by atomic mass is 32.2. The van der Waals surface area contributed by atoms with Gasteiger partial charge in [-0.2, -0.15) is 0 Å². The molecule has 2 aromatic rings. The molecule has 0 spiro atoms. The molecule has 2 aromatic heterocycles. The van der Waals surface area contributed by atoms with Crippen LogP contribution in [0.25, 0.3) is 10.2 Å². The molecule has 7 heteroatoms. The molecule has 0 aliphatic heterocycles. The number of carbonyl (C=O) groups is 1. The van der Waals surface area contributed by atoms with Gasteiger partial charge in [-0.15, -0.1) is 11.3 Å². The van der Waals surface area contributed by atoms with Crippen molar-refractivity contribution in [2.45, 2.75) is 12.1 Å². The molecule has 0 unspecified atom stereocenters. The van der Waals surface area contributed by atoms with Gasteiger partial charge in [0.25, 0.3) is 5.56 Å². The van der Waals surface area contributed by atoms with Gasteiger partial charge in [0.1, 0.15) is 4.83 Å². The van der Waals surface area contributed by atoms with Crippen molar-refractivity contribution >= 4 is 39.3 Å². The highest BCUT2D eigenvalue weighted by molar-refractivity contribution is 7.99. The first-order valence-electron chi connectivity index (χ1n) is 4.41. The fourth-order valence-corrected chi connectivity index (χ4v) is 2.75. The second-order valence-electron chi connectivity index (χ2n) is 3.13. The van der Waals surface area contributed by atoms with Crippen molar-refractivity contribution in [2.75, 3.05) is 5.75 Å². The lowest BCUT2D eigenvalue weighted by Gasteiger charge is -1.97. The smallest absolute Gasteiger partial charge is 0.313 e. The number of carboxylic acids is 1. The van der Waals surface area contributed by atoms with Gasteiger partial charge in [0, 0.05) is 4.88 Å². The van der Waals surface area contributed by atoms with E-state index in [0.717, 1.165) is 16.6 Å². The van der Waals surface area contributed by atoms with Crippen molar-refractivity contribution in [2.24, 2.45) is 0 Å². The maximum Gasteiger partial charge on any atom is 0.313 e. The van der Waals surface area contributed by atoms with Crippen molar-refractivity contribution in [3.8, 4) is 0 Å². The molecular weight excluding hydrogens is 248 g/mol. The third-order valence-electron chi connectivity index (χ3n) is 1.84. The van der Waals surface area contributed by atoms with Crippen LogP contribution in [0.5, 0.6) is 0 Å². The van der Waals surface area contributed by atoms with Crippen molar-refractivity contribution in [1.82, 2.24) is 9.97 Å². The molecule has 0 aliphatic carbocycles. The van der Waals surface area contributed by atoms with E-state index in [1.165, 1.54) is 11.3 Å². The molecule has 0 atom stereocenters. The zero-order valence-corrected chi connectivity index (χ0v) is 9.94. The third kappa shape index (κ3) is 2.25. The Labute approximate surface area is 98.5 Å². The molecular formula is C9H8N2O3S2. The lowest BCUT2D eigenvalue weighted by Crippen LogP contribution is -2.08. The van der Waals surface area contributed by atoms with Gasteiger partial charge in [-0.1, -0.05) is 11.8 Å². The number of aromatic nitrogens is 2. The summed E-state index contributed by atoms with van der Waals surface area (Å²) < 4.78 is 0. The zero-order chi connectivity index (χ0) is 11.7. The minimum absolute atomic E-state index is 0.112. The van der Waals surface area contributed by atoms with E-state index in [1.807, 2.05) is 6.92 Å². The van der Waals surface area contributed by atoms with Crippen LogP contribution in [-0.4, -0.2) is 26.8 Å². The Balaban J connectivity index is 2.41. The summed E-state index contributed by atoms with van der Waals surface area (Å²) in [5.74, 6) is -1.05. The summed E-state index contributed by atoms with van der Waals surface area (Å²) in [6.45, 7) is 1.90. The first-order valence-corrected chi connectivity index (χ1v) is 6.21. The van der Waals surface area contributed by atoms with E-state index < -0.39 is 5.97 Å². The van der Waals surface area contributed by atoms with Crippen LogP contribution in [0.3, 0.4) is 0 Å². The lowest BCUT2D eigenvalue weighted by molar-refractivity contribution is -0.133. The zero-order valence-electron chi connectivity index (χ0n) is 8.31. The number of H-pyrrole nitrogens is 1. The van der Waals surface area contributed by atoms with Gasteiger partial charge < -0.3 is 10.1 Å². The maximum absolute atomic E-state index is 11.6. The number of nitrogens with zero attached hydrogens (tertiary/aromatic N) is 1. The van der Waals surface area contributed by atoms with Crippen LogP contribution in [0.2, 0.25) is 0 Å². The number of nitrogens with one attached hydrogen (secondary N) is 1. The summed E-state index contributed by atoms with van der Waals surface area (Å²) in [5, 5.41) is 9.43.